The monoisotopic (exact) mass is 487 g/mol. The Kier molecular flexibility index (Phi) is 9.44. The molecule has 1 aliphatic carbocycles. The number of likely N-dealkylation sites (tertiary alicyclic amines) is 1. The molecule has 0 spiro atoms. The number of thiophene rings is 1. The lowest BCUT2D eigenvalue weighted by Crippen LogP contribution is -2.49. The molecule has 4 N–H and O–H groups in total. The van der Waals surface area contributed by atoms with Gasteiger partial charge in [0.2, 0.25) is 5.91 Å². The Balaban J connectivity index is 0.00000158. The van der Waals surface area contributed by atoms with Crippen LogP contribution in [-0.4, -0.2) is 57.2 Å². The Hall–Kier alpha value is -2.49. The zero-order valence-electron chi connectivity index (χ0n) is 20.3. The molecule has 1 aliphatic heterocycles. The summed E-state index contributed by atoms with van der Waals surface area (Å²) < 4.78 is 2.06. The van der Waals surface area contributed by atoms with E-state index < -0.39 is 5.60 Å². The van der Waals surface area contributed by atoms with Crippen molar-refractivity contribution in [2.24, 2.45) is 5.73 Å². The average molecular weight is 488 g/mol. The number of nitrogens with zero attached hydrogens (tertiary/aromatic N) is 3. The lowest BCUT2D eigenvalue weighted by Gasteiger charge is -2.38. The molecule has 3 heterocycles. The van der Waals surface area contributed by atoms with E-state index in [4.69, 9.17) is 5.73 Å². The number of aliphatic hydroxyl groups is 1. The molecule has 9 heteroatoms. The summed E-state index contributed by atoms with van der Waals surface area (Å²) in [5, 5.41) is 16.2. The molecule has 2 aliphatic rings. The number of fused-ring (bicyclic) bond motifs is 1. The van der Waals surface area contributed by atoms with E-state index in [-0.39, 0.29) is 18.0 Å². The van der Waals surface area contributed by atoms with Gasteiger partial charge in [0.05, 0.1) is 24.2 Å². The van der Waals surface area contributed by atoms with Crippen LogP contribution in [0.4, 0.5) is 5.69 Å². The van der Waals surface area contributed by atoms with Crippen molar-refractivity contribution in [1.82, 2.24) is 14.5 Å². The first-order chi connectivity index (χ1) is 16.5. The van der Waals surface area contributed by atoms with E-state index in [0.29, 0.717) is 55.7 Å². The standard InChI is InChI=1S/C23H31N5O3S.C2H6/c24-10-11-25-18-14-32-21-20(18)26-16-28(22(21)30)15-23(31)8-12-27(13-9-23)19(29)7-6-17-4-2-1-3-5-17;1-2/h2,4-5,14,16,25,31H,1,3,6-13,15,24H2;1-2H3. The number of nitrogens with one attached hydrogen (secondary N) is 1. The summed E-state index contributed by atoms with van der Waals surface area (Å²) in [6.07, 6.45) is 12.2. The smallest absolute Gasteiger partial charge is 0.271 e. The highest BCUT2D eigenvalue weighted by Gasteiger charge is 2.34. The zero-order valence-corrected chi connectivity index (χ0v) is 21.1. The first-order valence-electron chi connectivity index (χ1n) is 12.3. The third-order valence-electron chi connectivity index (χ3n) is 6.22. The molecule has 1 amide bonds. The molecule has 0 bridgehead atoms. The molecule has 34 heavy (non-hydrogen) atoms. The largest absolute Gasteiger partial charge is 0.388 e. The van der Waals surface area contributed by atoms with Crippen molar-refractivity contribution in [3.8, 4) is 0 Å². The van der Waals surface area contributed by atoms with Crippen LogP contribution in [-0.2, 0) is 11.3 Å². The van der Waals surface area contributed by atoms with Gasteiger partial charge in [0.1, 0.15) is 10.2 Å². The number of carbonyl (C=O) groups excluding carboxylic acids is 1. The van der Waals surface area contributed by atoms with Crippen molar-refractivity contribution in [2.45, 2.75) is 64.5 Å². The molecule has 8 nitrogen and oxygen atoms in total. The molecule has 2 aromatic rings. The zero-order chi connectivity index (χ0) is 24.6. The van der Waals surface area contributed by atoms with Gasteiger partial charge >= 0.3 is 0 Å². The van der Waals surface area contributed by atoms with Gasteiger partial charge in [-0.25, -0.2) is 4.98 Å². The predicted octanol–water partition coefficient (Wildman–Crippen LogP) is 3.26. The molecular formula is C25H37N5O3S. The van der Waals surface area contributed by atoms with Gasteiger partial charge in [-0.15, -0.1) is 11.3 Å². The molecule has 0 unspecified atom stereocenters. The van der Waals surface area contributed by atoms with Crippen LogP contribution in [0.5, 0.6) is 0 Å². The minimum Gasteiger partial charge on any atom is -0.388 e. The van der Waals surface area contributed by atoms with Gasteiger partial charge in [-0.05, 0) is 32.1 Å². The van der Waals surface area contributed by atoms with E-state index >= 15 is 0 Å². The van der Waals surface area contributed by atoms with Crippen molar-refractivity contribution in [3.63, 3.8) is 0 Å². The van der Waals surface area contributed by atoms with E-state index in [1.165, 1.54) is 27.8 Å². The van der Waals surface area contributed by atoms with Crippen LogP contribution in [0, 0.1) is 0 Å². The third kappa shape index (κ3) is 6.34. The summed E-state index contributed by atoms with van der Waals surface area (Å²) in [6, 6.07) is 0. The molecule has 0 aromatic carbocycles. The average Bonchev–Trinajstić information content (AvgIpc) is 3.29. The Morgan fingerprint density at radius 2 is 2.06 bits per heavy atom. The third-order valence-corrected chi connectivity index (χ3v) is 7.17. The van der Waals surface area contributed by atoms with Crippen LogP contribution in [0.1, 0.15) is 52.4 Å². The summed E-state index contributed by atoms with van der Waals surface area (Å²) in [5.41, 5.74) is 7.04. The number of amides is 1. The maximum atomic E-state index is 12.9. The van der Waals surface area contributed by atoms with E-state index in [1.54, 1.807) is 0 Å². The lowest BCUT2D eigenvalue weighted by molar-refractivity contribution is -0.135. The first kappa shape index (κ1) is 26.1. The second-order valence-corrected chi connectivity index (χ2v) is 9.46. The normalized spacial score (nSPS) is 17.2. The highest BCUT2D eigenvalue weighted by molar-refractivity contribution is 7.17. The van der Waals surface area contributed by atoms with Crippen LogP contribution in [0.15, 0.2) is 40.3 Å². The Morgan fingerprint density at radius 3 is 2.74 bits per heavy atom. The van der Waals surface area contributed by atoms with Crippen LogP contribution in [0.3, 0.4) is 0 Å². The van der Waals surface area contributed by atoms with Gasteiger partial charge in [0.15, 0.2) is 0 Å². The highest BCUT2D eigenvalue weighted by atomic mass is 32.1. The van der Waals surface area contributed by atoms with Gasteiger partial charge in [-0.3, -0.25) is 14.2 Å². The topological polar surface area (TPSA) is 113 Å². The SMILES string of the molecule is CC.NCCNc1csc2c(=O)n(CC3(O)CCN(C(=O)CCC4=CCCC=C4)CC3)cnc12. The van der Waals surface area contributed by atoms with Crippen LogP contribution in [0.25, 0.3) is 10.2 Å². The number of nitrogens with two attached hydrogens (primary N) is 1. The molecule has 0 saturated carbocycles. The lowest BCUT2D eigenvalue weighted by atomic mass is 9.91. The van der Waals surface area contributed by atoms with Gasteiger partial charge in [-0.1, -0.05) is 37.6 Å². The minimum atomic E-state index is -1.03. The fraction of sp³-hybridized carbons (Fsp3) is 0.560. The Bertz CT molecular complexity index is 1080. The van der Waals surface area contributed by atoms with E-state index in [0.717, 1.165) is 24.9 Å². The number of hydrogen-bond donors (Lipinski definition) is 3. The summed E-state index contributed by atoms with van der Waals surface area (Å²) in [6.45, 7) is 6.29. The van der Waals surface area contributed by atoms with Crippen LogP contribution in [0.2, 0.25) is 0 Å². The molecule has 0 radical (unpaired) electrons. The number of aromatic nitrogens is 2. The maximum Gasteiger partial charge on any atom is 0.271 e. The van der Waals surface area contributed by atoms with E-state index in [2.05, 4.69) is 28.5 Å². The number of carbonyl (C=O) groups is 1. The minimum absolute atomic E-state index is 0.128. The molecular weight excluding hydrogens is 450 g/mol. The van der Waals surface area contributed by atoms with Crippen molar-refractivity contribution < 1.29 is 9.90 Å². The number of rotatable bonds is 8. The van der Waals surface area contributed by atoms with Gasteiger partial charge < -0.3 is 21.1 Å². The van der Waals surface area contributed by atoms with Crippen molar-refractivity contribution in [1.29, 1.82) is 0 Å². The van der Waals surface area contributed by atoms with Crippen molar-refractivity contribution in [3.05, 3.63) is 45.9 Å². The van der Waals surface area contributed by atoms with Crippen molar-refractivity contribution >= 4 is 33.1 Å². The summed E-state index contributed by atoms with van der Waals surface area (Å²) >= 11 is 1.34. The first-order valence-corrected chi connectivity index (χ1v) is 13.1. The molecule has 1 fully saturated rings. The number of allylic oxidation sites excluding steroid dienone is 4. The van der Waals surface area contributed by atoms with Gasteiger partial charge in [-0.2, -0.15) is 0 Å². The van der Waals surface area contributed by atoms with Crippen LogP contribution >= 0.6 is 11.3 Å². The fourth-order valence-corrected chi connectivity index (χ4v) is 5.22. The summed E-state index contributed by atoms with van der Waals surface area (Å²) in [7, 11) is 0. The quantitative estimate of drug-likeness (QED) is 0.527. The highest BCUT2D eigenvalue weighted by Crippen LogP contribution is 2.28. The van der Waals surface area contributed by atoms with Gasteiger partial charge in [0, 0.05) is 38.0 Å². The van der Waals surface area contributed by atoms with E-state index in [9.17, 15) is 14.7 Å². The fourth-order valence-electron chi connectivity index (χ4n) is 4.30. The van der Waals surface area contributed by atoms with Crippen molar-refractivity contribution in [2.75, 3.05) is 31.5 Å². The Labute approximate surface area is 205 Å². The number of piperidine rings is 1. The number of anilines is 1. The second-order valence-electron chi connectivity index (χ2n) is 8.58. The van der Waals surface area contributed by atoms with E-state index in [1.807, 2.05) is 24.1 Å². The second kappa shape index (κ2) is 12.3. The summed E-state index contributed by atoms with van der Waals surface area (Å²) in [5.74, 6) is 0.128. The van der Waals surface area contributed by atoms with Gasteiger partial charge in [0.25, 0.3) is 5.56 Å². The molecule has 186 valence electrons. The predicted molar refractivity (Wildman–Crippen MR) is 139 cm³/mol. The Morgan fingerprint density at radius 1 is 1.29 bits per heavy atom. The summed E-state index contributed by atoms with van der Waals surface area (Å²) in [4.78, 5) is 31.8. The molecule has 0 atom stereocenters. The molecule has 2 aromatic heterocycles. The molecule has 4 rings (SSSR count). The molecule has 1 saturated heterocycles. The maximum absolute atomic E-state index is 12.9. The number of hydrogen-bond acceptors (Lipinski definition) is 7. The van der Waals surface area contributed by atoms with Crippen LogP contribution < -0.4 is 16.6 Å².